The minimum absolute atomic E-state index is 0.00218. The number of rotatable bonds is 1. The van der Waals surface area contributed by atoms with Gasteiger partial charge in [-0.15, -0.1) is 0 Å². The highest BCUT2D eigenvalue weighted by molar-refractivity contribution is 6.01. The number of hydrogen-bond acceptors (Lipinski definition) is 2. The van der Waals surface area contributed by atoms with E-state index < -0.39 is 11.9 Å². The lowest BCUT2D eigenvalue weighted by Gasteiger charge is -1.93. The average molecular weight is 180 g/mol. The molecule has 0 radical (unpaired) electrons. The summed E-state index contributed by atoms with van der Waals surface area (Å²) in [5, 5.41) is 14.6. The second kappa shape index (κ2) is 2.55. The van der Waals surface area contributed by atoms with Crippen LogP contribution in [0.2, 0.25) is 0 Å². The summed E-state index contributed by atoms with van der Waals surface area (Å²) in [6.45, 7) is 0. The average Bonchev–Trinajstić information content (AvgIpc) is 2.48. The van der Waals surface area contributed by atoms with Gasteiger partial charge in [0.2, 0.25) is 5.95 Å². The molecule has 1 aromatic heterocycles. The lowest BCUT2D eigenvalue weighted by molar-refractivity contribution is 0.0699. The van der Waals surface area contributed by atoms with Crippen LogP contribution in [0.3, 0.4) is 0 Å². The van der Waals surface area contributed by atoms with E-state index in [1.54, 1.807) is 0 Å². The number of carbonyl (C=O) groups is 1. The molecule has 0 amide bonds. The minimum atomic E-state index is -1.11. The van der Waals surface area contributed by atoms with Gasteiger partial charge in [-0.1, -0.05) is 6.07 Å². The SMILES string of the molecule is O=C(O)c1cccc2c(F)[nH]nc12. The molecule has 13 heavy (non-hydrogen) atoms. The Morgan fingerprint density at radius 1 is 1.54 bits per heavy atom. The molecule has 2 aromatic rings. The van der Waals surface area contributed by atoms with Gasteiger partial charge in [-0.05, 0) is 12.1 Å². The molecule has 0 bridgehead atoms. The van der Waals surface area contributed by atoms with Gasteiger partial charge < -0.3 is 5.11 Å². The molecule has 5 heteroatoms. The Balaban J connectivity index is 2.84. The second-order valence-corrected chi connectivity index (χ2v) is 2.54. The van der Waals surface area contributed by atoms with Crippen molar-refractivity contribution in [3.8, 4) is 0 Å². The van der Waals surface area contributed by atoms with Crippen LogP contribution in [-0.4, -0.2) is 21.3 Å². The molecule has 0 aliphatic carbocycles. The zero-order chi connectivity index (χ0) is 9.42. The molecule has 0 saturated heterocycles. The van der Waals surface area contributed by atoms with Crippen molar-refractivity contribution < 1.29 is 14.3 Å². The maximum atomic E-state index is 12.9. The maximum absolute atomic E-state index is 12.9. The zero-order valence-corrected chi connectivity index (χ0v) is 6.41. The first-order valence-electron chi connectivity index (χ1n) is 3.56. The number of nitrogens with zero attached hydrogens (tertiary/aromatic N) is 1. The second-order valence-electron chi connectivity index (χ2n) is 2.54. The number of carboxylic acid groups (broad SMARTS) is 1. The molecule has 66 valence electrons. The highest BCUT2D eigenvalue weighted by atomic mass is 19.1. The standard InChI is InChI=1S/C8H5FN2O2/c9-7-4-2-1-3-5(8(12)13)6(4)10-11-7/h1-3H,(H,10,11)(H,12,13). The van der Waals surface area contributed by atoms with Gasteiger partial charge in [-0.25, -0.2) is 4.79 Å². The Morgan fingerprint density at radius 2 is 2.31 bits per heavy atom. The molecule has 1 heterocycles. The zero-order valence-electron chi connectivity index (χ0n) is 6.41. The van der Waals surface area contributed by atoms with Crippen LogP contribution < -0.4 is 0 Å². The third-order valence-corrected chi connectivity index (χ3v) is 1.77. The first-order valence-corrected chi connectivity index (χ1v) is 3.56. The highest BCUT2D eigenvalue weighted by Crippen LogP contribution is 2.18. The Morgan fingerprint density at radius 3 is 3.00 bits per heavy atom. The van der Waals surface area contributed by atoms with Crippen LogP contribution in [0.5, 0.6) is 0 Å². The van der Waals surface area contributed by atoms with Crippen molar-refractivity contribution >= 4 is 16.9 Å². The molecular weight excluding hydrogens is 175 g/mol. The van der Waals surface area contributed by atoms with Gasteiger partial charge in [0.1, 0.15) is 5.52 Å². The van der Waals surface area contributed by atoms with E-state index in [1.165, 1.54) is 18.2 Å². The number of halogens is 1. The van der Waals surface area contributed by atoms with Crippen molar-refractivity contribution in [2.75, 3.05) is 0 Å². The number of carboxylic acids is 1. The Labute approximate surface area is 72.0 Å². The maximum Gasteiger partial charge on any atom is 0.337 e. The quantitative estimate of drug-likeness (QED) is 0.697. The van der Waals surface area contributed by atoms with E-state index in [0.29, 0.717) is 0 Å². The van der Waals surface area contributed by atoms with Crippen molar-refractivity contribution in [3.63, 3.8) is 0 Å². The molecule has 0 spiro atoms. The largest absolute Gasteiger partial charge is 0.478 e. The summed E-state index contributed by atoms with van der Waals surface area (Å²) in [6, 6.07) is 4.33. The fraction of sp³-hybridized carbons (Fsp3) is 0. The number of aromatic nitrogens is 2. The molecule has 0 aliphatic rings. The van der Waals surface area contributed by atoms with Crippen LogP contribution in [0.1, 0.15) is 10.4 Å². The number of H-pyrrole nitrogens is 1. The predicted octanol–water partition coefficient (Wildman–Crippen LogP) is 1.40. The van der Waals surface area contributed by atoms with Crippen LogP contribution in [-0.2, 0) is 0 Å². The molecule has 4 nitrogen and oxygen atoms in total. The van der Waals surface area contributed by atoms with Crippen LogP contribution >= 0.6 is 0 Å². The normalized spacial score (nSPS) is 10.5. The molecule has 0 saturated carbocycles. The van der Waals surface area contributed by atoms with E-state index in [0.717, 1.165) is 0 Å². The van der Waals surface area contributed by atoms with Gasteiger partial charge in [0.25, 0.3) is 0 Å². The van der Waals surface area contributed by atoms with E-state index in [-0.39, 0.29) is 16.5 Å². The number of para-hydroxylation sites is 1. The smallest absolute Gasteiger partial charge is 0.337 e. The Bertz CT molecular complexity index is 478. The van der Waals surface area contributed by atoms with E-state index in [2.05, 4.69) is 10.2 Å². The summed E-state index contributed by atoms with van der Waals surface area (Å²) in [6.07, 6.45) is 0. The summed E-state index contributed by atoms with van der Waals surface area (Å²) in [5.74, 6) is -1.73. The number of benzene rings is 1. The number of aromatic amines is 1. The summed E-state index contributed by atoms with van der Waals surface area (Å²) in [5.41, 5.74) is 0.144. The first-order chi connectivity index (χ1) is 6.20. The number of hydrogen-bond donors (Lipinski definition) is 2. The number of nitrogens with one attached hydrogen (secondary N) is 1. The molecule has 0 unspecified atom stereocenters. The Kier molecular flexibility index (Phi) is 1.51. The fourth-order valence-corrected chi connectivity index (χ4v) is 1.18. The minimum Gasteiger partial charge on any atom is -0.478 e. The van der Waals surface area contributed by atoms with E-state index >= 15 is 0 Å². The predicted molar refractivity (Wildman–Crippen MR) is 43.0 cm³/mol. The highest BCUT2D eigenvalue weighted by Gasteiger charge is 2.12. The molecular formula is C8H5FN2O2. The molecule has 2 rings (SSSR count). The third-order valence-electron chi connectivity index (χ3n) is 1.77. The molecule has 0 atom stereocenters. The summed E-state index contributed by atoms with van der Waals surface area (Å²) < 4.78 is 12.9. The van der Waals surface area contributed by atoms with Gasteiger partial charge in [0, 0.05) is 0 Å². The van der Waals surface area contributed by atoms with Crippen molar-refractivity contribution in [3.05, 3.63) is 29.7 Å². The van der Waals surface area contributed by atoms with Crippen LogP contribution in [0.25, 0.3) is 10.9 Å². The first kappa shape index (κ1) is 7.72. The van der Waals surface area contributed by atoms with Gasteiger partial charge >= 0.3 is 5.97 Å². The van der Waals surface area contributed by atoms with Crippen LogP contribution in [0.15, 0.2) is 18.2 Å². The molecule has 2 N–H and O–H groups in total. The van der Waals surface area contributed by atoms with Gasteiger partial charge in [0.15, 0.2) is 0 Å². The van der Waals surface area contributed by atoms with Crippen molar-refractivity contribution in [1.82, 2.24) is 10.2 Å². The fourth-order valence-electron chi connectivity index (χ4n) is 1.18. The lowest BCUT2D eigenvalue weighted by Crippen LogP contribution is -1.96. The van der Waals surface area contributed by atoms with E-state index in [4.69, 9.17) is 5.11 Å². The summed E-state index contributed by atoms with van der Waals surface area (Å²) in [7, 11) is 0. The molecule has 1 aromatic carbocycles. The number of fused-ring (bicyclic) bond motifs is 1. The van der Waals surface area contributed by atoms with Crippen molar-refractivity contribution in [2.45, 2.75) is 0 Å². The number of aromatic carboxylic acids is 1. The molecule has 0 aliphatic heterocycles. The van der Waals surface area contributed by atoms with Gasteiger partial charge in [0.05, 0.1) is 10.9 Å². The third kappa shape index (κ3) is 1.05. The van der Waals surface area contributed by atoms with Crippen molar-refractivity contribution in [2.24, 2.45) is 0 Å². The van der Waals surface area contributed by atoms with E-state index in [1.807, 2.05) is 0 Å². The lowest BCUT2D eigenvalue weighted by atomic mass is 10.1. The van der Waals surface area contributed by atoms with Gasteiger partial charge in [-0.3, -0.25) is 5.10 Å². The van der Waals surface area contributed by atoms with Crippen LogP contribution in [0.4, 0.5) is 4.39 Å². The topological polar surface area (TPSA) is 66.0 Å². The summed E-state index contributed by atoms with van der Waals surface area (Å²) >= 11 is 0. The monoisotopic (exact) mass is 180 g/mol. The van der Waals surface area contributed by atoms with E-state index in [9.17, 15) is 9.18 Å². The van der Waals surface area contributed by atoms with Crippen LogP contribution in [0, 0.1) is 5.95 Å². The molecule has 0 fully saturated rings. The van der Waals surface area contributed by atoms with Crippen molar-refractivity contribution in [1.29, 1.82) is 0 Å². The van der Waals surface area contributed by atoms with Gasteiger partial charge in [-0.2, -0.15) is 9.49 Å². The Hall–Kier alpha value is -1.91. The summed E-state index contributed by atoms with van der Waals surface area (Å²) in [4.78, 5) is 10.6.